The summed E-state index contributed by atoms with van der Waals surface area (Å²) in [7, 11) is 0. The number of aromatic nitrogens is 1. The van der Waals surface area contributed by atoms with E-state index in [0.29, 0.717) is 0 Å². The predicted octanol–water partition coefficient (Wildman–Crippen LogP) is 18.3. The average molecular weight is 867 g/mol. The van der Waals surface area contributed by atoms with E-state index in [-0.39, 0.29) is 0 Å². The summed E-state index contributed by atoms with van der Waals surface area (Å²) in [6, 6.07) is 101. The summed E-state index contributed by atoms with van der Waals surface area (Å²) in [5.74, 6) is 0. The maximum Gasteiger partial charge on any atom is 0.0547 e. The first-order valence-electron chi connectivity index (χ1n) is 23.3. The standard InChI is InChI=1S/C66H46N2/c1-4-21-47(22-5-1)48-39-41-50(42-40-48)56-30-14-17-36-63(56)68(64-37-18-15-34-60(64)59-33-13-12-32-58(59)57-31-11-10-29-55(57)49-23-6-2-7-24-49)54-28-20-25-51(45-54)52-43-44-62-61-35-16-19-38-65(61)67(66(62)46-52)53-26-8-3-9-27-53/h1-46H. The van der Waals surface area contributed by atoms with Gasteiger partial charge in [0, 0.05) is 33.3 Å². The minimum Gasteiger partial charge on any atom is -0.309 e. The molecular weight excluding hydrogens is 821 g/mol. The molecule has 0 fully saturated rings. The number of para-hydroxylation sites is 4. The number of benzene rings is 11. The lowest BCUT2D eigenvalue weighted by atomic mass is 9.88. The second kappa shape index (κ2) is 17.8. The van der Waals surface area contributed by atoms with Crippen LogP contribution in [0.2, 0.25) is 0 Å². The van der Waals surface area contributed by atoms with E-state index in [4.69, 9.17) is 0 Å². The summed E-state index contributed by atoms with van der Waals surface area (Å²) in [4.78, 5) is 2.47. The van der Waals surface area contributed by atoms with Crippen molar-refractivity contribution in [3.05, 3.63) is 279 Å². The van der Waals surface area contributed by atoms with Crippen LogP contribution in [-0.2, 0) is 0 Å². The van der Waals surface area contributed by atoms with E-state index in [0.717, 1.165) is 56.1 Å². The first kappa shape index (κ1) is 40.5. The zero-order chi connectivity index (χ0) is 45.2. The number of anilines is 3. The molecule has 0 saturated heterocycles. The highest BCUT2D eigenvalue weighted by Gasteiger charge is 2.23. The van der Waals surface area contributed by atoms with Gasteiger partial charge in [0.15, 0.2) is 0 Å². The summed E-state index contributed by atoms with van der Waals surface area (Å²) in [5.41, 5.74) is 20.8. The Morgan fingerprint density at radius 3 is 1.37 bits per heavy atom. The molecule has 1 aromatic heterocycles. The van der Waals surface area contributed by atoms with Crippen LogP contribution in [0.1, 0.15) is 0 Å². The third-order valence-corrected chi connectivity index (χ3v) is 13.2. The summed E-state index contributed by atoms with van der Waals surface area (Å²) in [5, 5.41) is 2.48. The van der Waals surface area contributed by atoms with E-state index < -0.39 is 0 Å². The fourth-order valence-electron chi connectivity index (χ4n) is 10.1. The van der Waals surface area contributed by atoms with E-state index in [1.54, 1.807) is 0 Å². The summed E-state index contributed by atoms with van der Waals surface area (Å²) < 4.78 is 2.40. The Balaban J connectivity index is 1.05. The minimum atomic E-state index is 1.06. The molecule has 2 heteroatoms. The molecule has 0 spiro atoms. The molecule has 0 saturated carbocycles. The number of hydrogen-bond acceptors (Lipinski definition) is 1. The van der Waals surface area contributed by atoms with Crippen molar-refractivity contribution in [1.29, 1.82) is 0 Å². The molecule has 0 aliphatic carbocycles. The van der Waals surface area contributed by atoms with E-state index in [1.165, 1.54) is 55.2 Å². The van der Waals surface area contributed by atoms with Crippen LogP contribution in [0.4, 0.5) is 17.1 Å². The van der Waals surface area contributed by atoms with Crippen molar-refractivity contribution in [3.63, 3.8) is 0 Å². The van der Waals surface area contributed by atoms with Crippen molar-refractivity contribution in [1.82, 2.24) is 4.57 Å². The molecule has 0 N–H and O–H groups in total. The van der Waals surface area contributed by atoms with E-state index in [1.807, 2.05) is 0 Å². The Labute approximate surface area is 397 Å². The largest absolute Gasteiger partial charge is 0.309 e. The Bertz CT molecular complexity index is 3720. The molecule has 68 heavy (non-hydrogen) atoms. The van der Waals surface area contributed by atoms with Crippen LogP contribution in [0.15, 0.2) is 279 Å². The fourth-order valence-corrected chi connectivity index (χ4v) is 10.1. The quantitative estimate of drug-likeness (QED) is 0.133. The smallest absolute Gasteiger partial charge is 0.0547 e. The molecule has 0 unspecified atom stereocenters. The highest BCUT2D eigenvalue weighted by atomic mass is 15.1. The molecule has 0 bridgehead atoms. The highest BCUT2D eigenvalue weighted by molar-refractivity contribution is 6.10. The molecule has 12 rings (SSSR count). The van der Waals surface area contributed by atoms with Crippen LogP contribution in [0.5, 0.6) is 0 Å². The maximum absolute atomic E-state index is 2.47. The molecule has 1 heterocycles. The normalized spacial score (nSPS) is 11.2. The number of rotatable bonds is 10. The molecular formula is C66H46N2. The van der Waals surface area contributed by atoms with Gasteiger partial charge in [-0.1, -0.05) is 231 Å². The Kier molecular flexibility index (Phi) is 10.6. The molecule has 320 valence electrons. The van der Waals surface area contributed by atoms with Gasteiger partial charge in [-0.25, -0.2) is 0 Å². The molecule has 11 aromatic carbocycles. The molecule has 12 aromatic rings. The van der Waals surface area contributed by atoms with E-state index >= 15 is 0 Å². The third kappa shape index (κ3) is 7.45. The van der Waals surface area contributed by atoms with Crippen LogP contribution in [-0.4, -0.2) is 4.57 Å². The van der Waals surface area contributed by atoms with Crippen LogP contribution >= 0.6 is 0 Å². The lowest BCUT2D eigenvalue weighted by Crippen LogP contribution is -2.12. The van der Waals surface area contributed by atoms with Crippen LogP contribution in [0.25, 0.3) is 94.3 Å². The molecule has 0 amide bonds. The zero-order valence-electron chi connectivity index (χ0n) is 37.5. The van der Waals surface area contributed by atoms with Crippen molar-refractivity contribution in [3.8, 4) is 72.4 Å². The van der Waals surface area contributed by atoms with Crippen molar-refractivity contribution < 1.29 is 0 Å². The summed E-state index contributed by atoms with van der Waals surface area (Å²) in [6.07, 6.45) is 0. The van der Waals surface area contributed by atoms with Crippen LogP contribution < -0.4 is 4.90 Å². The van der Waals surface area contributed by atoms with Gasteiger partial charge in [0.2, 0.25) is 0 Å². The molecule has 0 atom stereocenters. The van der Waals surface area contributed by atoms with Gasteiger partial charge in [-0.2, -0.15) is 0 Å². The Hall–Kier alpha value is -8.98. The Morgan fingerprint density at radius 2 is 0.662 bits per heavy atom. The number of fused-ring (bicyclic) bond motifs is 3. The first-order chi connectivity index (χ1) is 33.8. The Morgan fingerprint density at radius 1 is 0.235 bits per heavy atom. The lowest BCUT2D eigenvalue weighted by Gasteiger charge is -2.30. The van der Waals surface area contributed by atoms with Gasteiger partial charge in [0.1, 0.15) is 0 Å². The van der Waals surface area contributed by atoms with E-state index in [2.05, 4.69) is 289 Å². The molecule has 0 aliphatic heterocycles. The number of nitrogens with zero attached hydrogens (tertiary/aromatic N) is 2. The second-order valence-corrected chi connectivity index (χ2v) is 17.2. The van der Waals surface area contributed by atoms with Gasteiger partial charge in [-0.05, 0) is 104 Å². The van der Waals surface area contributed by atoms with Gasteiger partial charge in [-0.15, -0.1) is 0 Å². The molecule has 0 radical (unpaired) electrons. The molecule has 0 aliphatic rings. The maximum atomic E-state index is 2.47. The second-order valence-electron chi connectivity index (χ2n) is 17.2. The van der Waals surface area contributed by atoms with Crippen molar-refractivity contribution >= 4 is 38.9 Å². The lowest BCUT2D eigenvalue weighted by molar-refractivity contribution is 1.18. The molecule has 2 nitrogen and oxygen atoms in total. The SMILES string of the molecule is c1ccc(-c2ccc(-c3ccccc3N(c3cccc(-c4ccc5c6ccccc6n(-c6ccccc6)c5c4)c3)c3ccccc3-c3ccccc3-c3ccccc3-c3ccccc3)cc2)cc1. The third-order valence-electron chi connectivity index (χ3n) is 13.2. The monoisotopic (exact) mass is 866 g/mol. The van der Waals surface area contributed by atoms with Gasteiger partial charge < -0.3 is 9.47 Å². The number of hydrogen-bond donors (Lipinski definition) is 0. The van der Waals surface area contributed by atoms with Crippen molar-refractivity contribution in [2.24, 2.45) is 0 Å². The van der Waals surface area contributed by atoms with Gasteiger partial charge in [0.25, 0.3) is 0 Å². The van der Waals surface area contributed by atoms with Gasteiger partial charge >= 0.3 is 0 Å². The predicted molar refractivity (Wildman–Crippen MR) is 288 cm³/mol. The average Bonchev–Trinajstić information content (AvgIpc) is 3.76. The zero-order valence-corrected chi connectivity index (χ0v) is 37.5. The highest BCUT2D eigenvalue weighted by Crippen LogP contribution is 2.48. The summed E-state index contributed by atoms with van der Waals surface area (Å²) in [6.45, 7) is 0. The first-order valence-corrected chi connectivity index (χ1v) is 23.3. The van der Waals surface area contributed by atoms with Crippen LogP contribution in [0, 0.1) is 0 Å². The van der Waals surface area contributed by atoms with Crippen molar-refractivity contribution in [2.45, 2.75) is 0 Å². The summed E-state index contributed by atoms with van der Waals surface area (Å²) >= 11 is 0. The minimum absolute atomic E-state index is 1.06. The van der Waals surface area contributed by atoms with Crippen LogP contribution in [0.3, 0.4) is 0 Å². The topological polar surface area (TPSA) is 8.17 Å². The van der Waals surface area contributed by atoms with Crippen molar-refractivity contribution in [2.75, 3.05) is 4.90 Å². The van der Waals surface area contributed by atoms with Gasteiger partial charge in [0.05, 0.1) is 22.4 Å². The fraction of sp³-hybridized carbons (Fsp3) is 0. The van der Waals surface area contributed by atoms with Gasteiger partial charge in [-0.3, -0.25) is 0 Å². The van der Waals surface area contributed by atoms with E-state index in [9.17, 15) is 0 Å².